The first-order valence-electron chi connectivity index (χ1n) is 10.3. The third kappa shape index (κ3) is 4.65. The fourth-order valence-electron chi connectivity index (χ4n) is 4.03. The first-order chi connectivity index (χ1) is 14.1. The van der Waals surface area contributed by atoms with Crippen LogP contribution in [0, 0.1) is 12.7 Å². The number of piperidine rings is 1. The summed E-state index contributed by atoms with van der Waals surface area (Å²) in [5.74, 6) is -1.03. The quantitative estimate of drug-likeness (QED) is 0.711. The van der Waals surface area contributed by atoms with E-state index in [4.69, 9.17) is 0 Å². The monoisotopic (exact) mass is 394 g/mol. The Hall–Kier alpha value is -2.73. The highest BCUT2D eigenvalue weighted by atomic mass is 19.1. The number of nitrogens with zero attached hydrogens (tertiary/aromatic N) is 2. The Morgan fingerprint density at radius 2 is 2.03 bits per heavy atom. The van der Waals surface area contributed by atoms with Gasteiger partial charge in [0.1, 0.15) is 11.7 Å². The maximum Gasteiger partial charge on any atom is 0.237 e. The van der Waals surface area contributed by atoms with Crippen molar-refractivity contribution < 1.29 is 9.18 Å². The predicted molar refractivity (Wildman–Crippen MR) is 116 cm³/mol. The molecule has 152 valence electrons. The van der Waals surface area contributed by atoms with Crippen molar-refractivity contribution in [3.63, 3.8) is 0 Å². The largest absolute Gasteiger partial charge is 0.384 e. The van der Waals surface area contributed by atoms with Crippen molar-refractivity contribution in [2.24, 2.45) is 4.99 Å². The van der Waals surface area contributed by atoms with E-state index >= 15 is 0 Å². The van der Waals surface area contributed by atoms with Crippen LogP contribution >= 0.6 is 0 Å². The van der Waals surface area contributed by atoms with Gasteiger partial charge in [-0.25, -0.2) is 4.39 Å². The highest BCUT2D eigenvalue weighted by Crippen LogP contribution is 2.32. The van der Waals surface area contributed by atoms with Crippen LogP contribution in [0.5, 0.6) is 0 Å². The summed E-state index contributed by atoms with van der Waals surface area (Å²) >= 11 is 0. The van der Waals surface area contributed by atoms with Gasteiger partial charge in [0.25, 0.3) is 0 Å². The van der Waals surface area contributed by atoms with E-state index in [0.29, 0.717) is 5.69 Å². The van der Waals surface area contributed by atoms with Crippen molar-refractivity contribution in [2.45, 2.75) is 32.1 Å². The van der Waals surface area contributed by atoms with Gasteiger partial charge in [-0.1, -0.05) is 12.5 Å². The van der Waals surface area contributed by atoms with E-state index in [1.165, 1.54) is 44.5 Å². The number of rotatable bonds is 6. The molecule has 2 aromatic carbocycles. The fourth-order valence-corrected chi connectivity index (χ4v) is 4.03. The minimum Gasteiger partial charge on any atom is -0.384 e. The minimum absolute atomic E-state index is 0.179. The Labute approximate surface area is 171 Å². The lowest BCUT2D eigenvalue weighted by atomic mass is 10.0. The van der Waals surface area contributed by atoms with Gasteiger partial charge in [-0.05, 0) is 74.3 Å². The number of benzene rings is 2. The number of nitrogens with one attached hydrogen (secondary N) is 2. The minimum atomic E-state index is -0.492. The summed E-state index contributed by atoms with van der Waals surface area (Å²) in [4.78, 5) is 19.2. The number of halogens is 1. The molecule has 0 spiro atoms. The van der Waals surface area contributed by atoms with Gasteiger partial charge in [-0.15, -0.1) is 0 Å². The lowest BCUT2D eigenvalue weighted by Crippen LogP contribution is -2.33. The van der Waals surface area contributed by atoms with Crippen molar-refractivity contribution in [2.75, 3.05) is 36.8 Å². The Morgan fingerprint density at radius 1 is 1.21 bits per heavy atom. The van der Waals surface area contributed by atoms with E-state index in [2.05, 4.69) is 27.4 Å². The Bertz CT molecular complexity index is 921. The second-order valence-electron chi connectivity index (χ2n) is 7.80. The zero-order chi connectivity index (χ0) is 20.2. The Morgan fingerprint density at radius 3 is 2.83 bits per heavy atom. The lowest BCUT2D eigenvalue weighted by molar-refractivity contribution is -0.115. The fraction of sp³-hybridized carbons (Fsp3) is 0.391. The maximum absolute atomic E-state index is 13.3. The molecule has 0 radical (unpaired) electrons. The number of fused-ring (bicyclic) bond motifs is 1. The van der Waals surface area contributed by atoms with Crippen LogP contribution in [0.25, 0.3) is 0 Å². The number of anilines is 2. The molecule has 4 rings (SSSR count). The van der Waals surface area contributed by atoms with E-state index < -0.39 is 5.92 Å². The average molecular weight is 394 g/mol. The lowest BCUT2D eigenvalue weighted by Gasteiger charge is -2.26. The summed E-state index contributed by atoms with van der Waals surface area (Å²) < 4.78 is 13.3. The van der Waals surface area contributed by atoms with Crippen LogP contribution in [0.3, 0.4) is 0 Å². The molecule has 1 atom stereocenters. The zero-order valence-corrected chi connectivity index (χ0v) is 16.7. The second kappa shape index (κ2) is 8.74. The van der Waals surface area contributed by atoms with Crippen LogP contribution in [0.4, 0.5) is 21.5 Å². The number of carbonyl (C=O) groups is 1. The van der Waals surface area contributed by atoms with Crippen LogP contribution in [0.2, 0.25) is 0 Å². The van der Waals surface area contributed by atoms with E-state index in [1.54, 1.807) is 12.3 Å². The summed E-state index contributed by atoms with van der Waals surface area (Å²) in [6.07, 6.45) is 5.61. The molecule has 1 unspecified atom stereocenters. The summed E-state index contributed by atoms with van der Waals surface area (Å²) in [6.45, 7) is 6.47. The molecule has 0 aliphatic carbocycles. The van der Waals surface area contributed by atoms with Crippen LogP contribution in [-0.4, -0.2) is 43.2 Å². The molecule has 2 aliphatic rings. The molecular weight excluding hydrogens is 367 g/mol. The third-order valence-electron chi connectivity index (χ3n) is 5.67. The van der Waals surface area contributed by atoms with E-state index in [9.17, 15) is 9.18 Å². The van der Waals surface area contributed by atoms with Gasteiger partial charge in [0.2, 0.25) is 5.91 Å². The smallest absolute Gasteiger partial charge is 0.237 e. The summed E-state index contributed by atoms with van der Waals surface area (Å²) in [7, 11) is 0. The van der Waals surface area contributed by atoms with Crippen LogP contribution in [0.1, 0.15) is 36.3 Å². The van der Waals surface area contributed by atoms with Gasteiger partial charge in [0.05, 0.1) is 5.69 Å². The molecule has 5 nitrogen and oxygen atoms in total. The Kier molecular flexibility index (Phi) is 5.90. The van der Waals surface area contributed by atoms with Crippen LogP contribution in [-0.2, 0) is 4.79 Å². The second-order valence-corrected chi connectivity index (χ2v) is 7.80. The number of likely N-dealkylation sites (tertiary alicyclic amines) is 1. The van der Waals surface area contributed by atoms with Crippen molar-refractivity contribution >= 4 is 29.2 Å². The van der Waals surface area contributed by atoms with Gasteiger partial charge in [0, 0.05) is 30.7 Å². The first-order valence-corrected chi connectivity index (χ1v) is 10.3. The standard InChI is InChI=1S/C23H27FN4O/c1-16-13-18(6-8-21(16)25-9-12-28-10-3-2-4-11-28)26-15-20-19-7-5-17(24)14-22(19)27-23(20)29/h5-8,13-15,20,25H,2-4,9-12H2,1H3,(H,27,29). The van der Waals surface area contributed by atoms with Crippen LogP contribution < -0.4 is 10.6 Å². The van der Waals surface area contributed by atoms with Gasteiger partial charge in [-0.2, -0.15) is 0 Å². The molecule has 1 saturated heterocycles. The van der Waals surface area contributed by atoms with E-state index in [-0.39, 0.29) is 11.7 Å². The highest BCUT2D eigenvalue weighted by molar-refractivity contribution is 6.12. The molecule has 1 fully saturated rings. The summed E-state index contributed by atoms with van der Waals surface area (Å²) in [6, 6.07) is 10.4. The van der Waals surface area contributed by atoms with Gasteiger partial charge in [-0.3, -0.25) is 9.79 Å². The Balaban J connectivity index is 1.37. The van der Waals surface area contributed by atoms with E-state index in [0.717, 1.165) is 35.6 Å². The number of carbonyl (C=O) groups excluding carboxylic acids is 1. The van der Waals surface area contributed by atoms with Gasteiger partial charge < -0.3 is 15.5 Å². The van der Waals surface area contributed by atoms with Crippen LogP contribution in [0.15, 0.2) is 41.4 Å². The van der Waals surface area contributed by atoms with Gasteiger partial charge >= 0.3 is 0 Å². The van der Waals surface area contributed by atoms with E-state index in [1.807, 2.05) is 18.2 Å². The molecule has 2 aliphatic heterocycles. The molecular formula is C23H27FN4O. The number of aliphatic imine (C=N–C) groups is 1. The normalized spacial score (nSPS) is 19.4. The number of amides is 1. The average Bonchev–Trinajstić information content (AvgIpc) is 3.02. The molecule has 2 N–H and O–H groups in total. The molecule has 0 saturated carbocycles. The predicted octanol–water partition coefficient (Wildman–Crippen LogP) is 4.47. The molecule has 29 heavy (non-hydrogen) atoms. The van der Waals surface area contributed by atoms with Crippen molar-refractivity contribution in [1.82, 2.24) is 4.90 Å². The van der Waals surface area contributed by atoms with Crippen molar-refractivity contribution in [3.8, 4) is 0 Å². The number of hydrogen-bond donors (Lipinski definition) is 2. The highest BCUT2D eigenvalue weighted by Gasteiger charge is 2.29. The molecule has 0 bridgehead atoms. The van der Waals surface area contributed by atoms with Gasteiger partial charge in [0.15, 0.2) is 0 Å². The maximum atomic E-state index is 13.3. The van der Waals surface area contributed by atoms with Crippen molar-refractivity contribution in [3.05, 3.63) is 53.3 Å². The summed E-state index contributed by atoms with van der Waals surface area (Å²) in [5, 5.41) is 6.23. The summed E-state index contributed by atoms with van der Waals surface area (Å²) in [5.41, 5.74) is 4.31. The molecule has 1 amide bonds. The molecule has 0 aromatic heterocycles. The third-order valence-corrected chi connectivity index (χ3v) is 5.67. The number of aryl methyl sites for hydroxylation is 1. The zero-order valence-electron chi connectivity index (χ0n) is 16.7. The number of hydrogen-bond acceptors (Lipinski definition) is 4. The molecule has 2 heterocycles. The SMILES string of the molecule is Cc1cc(N=CC2C(=O)Nc3cc(F)ccc32)ccc1NCCN1CCCCC1. The topological polar surface area (TPSA) is 56.7 Å². The van der Waals surface area contributed by atoms with Crippen molar-refractivity contribution in [1.29, 1.82) is 0 Å². The molecule has 6 heteroatoms. The molecule has 2 aromatic rings. The first kappa shape index (κ1) is 19.6.